The Hall–Kier alpha value is -1.32. The van der Waals surface area contributed by atoms with Crippen molar-refractivity contribution in [2.75, 3.05) is 0 Å². The van der Waals surface area contributed by atoms with Crippen LogP contribution in [0.25, 0.3) is 0 Å². The molecule has 0 unspecified atom stereocenters. The smallest absolute Gasteiger partial charge is 0.244 e. The predicted octanol–water partition coefficient (Wildman–Crippen LogP) is 0.0736. The van der Waals surface area contributed by atoms with E-state index < -0.39 is 5.91 Å². The van der Waals surface area contributed by atoms with Gasteiger partial charge >= 0.3 is 0 Å². The van der Waals surface area contributed by atoms with Gasteiger partial charge in [0.25, 0.3) is 0 Å². The lowest BCUT2D eigenvalue weighted by Crippen LogP contribution is -2.13. The molecular weight excluding hydrogens is 156 g/mol. The first-order valence-electron chi connectivity index (χ1n) is 3.80. The van der Waals surface area contributed by atoms with Gasteiger partial charge in [-0.25, -0.2) is 0 Å². The molecule has 0 aromatic carbocycles. The van der Waals surface area contributed by atoms with Gasteiger partial charge in [0, 0.05) is 12.0 Å². The summed E-state index contributed by atoms with van der Waals surface area (Å²) in [4.78, 5) is 20.7. The van der Waals surface area contributed by atoms with Gasteiger partial charge in [0.2, 0.25) is 11.8 Å². The van der Waals surface area contributed by atoms with E-state index in [9.17, 15) is 9.59 Å². The van der Waals surface area contributed by atoms with Crippen LogP contribution in [0.2, 0.25) is 0 Å². The molecule has 0 saturated heterocycles. The summed E-state index contributed by atoms with van der Waals surface area (Å²) in [5.74, 6) is -0.797. The zero-order chi connectivity index (χ0) is 9.56. The standard InChI is InChI=1S/C8H14N2O2/c1-6(8(10)12)4-2-3-5-7(9)11/h1-5H2,(H2,9,11)(H2,10,12). The molecule has 0 saturated carbocycles. The van der Waals surface area contributed by atoms with Crippen LogP contribution in [0.4, 0.5) is 0 Å². The maximum atomic E-state index is 10.5. The Kier molecular flexibility index (Phi) is 4.76. The first-order valence-corrected chi connectivity index (χ1v) is 3.80. The number of hydrogen-bond acceptors (Lipinski definition) is 2. The molecule has 0 radical (unpaired) electrons. The Labute approximate surface area is 71.6 Å². The first-order chi connectivity index (χ1) is 5.54. The van der Waals surface area contributed by atoms with E-state index in [1.165, 1.54) is 0 Å². The van der Waals surface area contributed by atoms with Crippen molar-refractivity contribution in [1.82, 2.24) is 0 Å². The summed E-state index contributed by atoms with van der Waals surface area (Å²) in [7, 11) is 0. The van der Waals surface area contributed by atoms with Crippen molar-refractivity contribution >= 4 is 11.8 Å². The minimum atomic E-state index is -0.478. The summed E-state index contributed by atoms with van der Waals surface area (Å²) in [5.41, 5.74) is 10.3. The van der Waals surface area contributed by atoms with Gasteiger partial charge in [0.05, 0.1) is 0 Å². The van der Waals surface area contributed by atoms with Crippen LogP contribution in [0.1, 0.15) is 25.7 Å². The summed E-state index contributed by atoms with van der Waals surface area (Å²) in [5, 5.41) is 0. The van der Waals surface area contributed by atoms with Gasteiger partial charge in [0.1, 0.15) is 0 Å². The van der Waals surface area contributed by atoms with E-state index in [0.29, 0.717) is 24.8 Å². The van der Waals surface area contributed by atoms with Crippen molar-refractivity contribution in [1.29, 1.82) is 0 Å². The molecule has 0 aromatic rings. The summed E-state index contributed by atoms with van der Waals surface area (Å²) in [6.45, 7) is 3.48. The molecule has 0 rings (SSSR count). The van der Waals surface area contributed by atoms with Crippen LogP contribution < -0.4 is 11.5 Å². The molecule has 68 valence electrons. The zero-order valence-corrected chi connectivity index (χ0v) is 7.01. The van der Waals surface area contributed by atoms with E-state index in [1.54, 1.807) is 0 Å². The lowest BCUT2D eigenvalue weighted by molar-refractivity contribution is -0.118. The molecule has 12 heavy (non-hydrogen) atoms. The van der Waals surface area contributed by atoms with Crippen LogP contribution in [0.5, 0.6) is 0 Å². The SMILES string of the molecule is C=C(CCCCC(N)=O)C(N)=O. The Morgan fingerprint density at radius 1 is 1.08 bits per heavy atom. The highest BCUT2D eigenvalue weighted by molar-refractivity contribution is 5.91. The Morgan fingerprint density at radius 3 is 2.00 bits per heavy atom. The second-order valence-electron chi connectivity index (χ2n) is 2.64. The van der Waals surface area contributed by atoms with E-state index in [-0.39, 0.29) is 5.91 Å². The van der Waals surface area contributed by atoms with Crippen LogP contribution in [0.15, 0.2) is 12.2 Å². The maximum Gasteiger partial charge on any atom is 0.244 e. The average Bonchev–Trinajstić information content (AvgIpc) is 1.97. The van der Waals surface area contributed by atoms with Gasteiger partial charge in [-0.15, -0.1) is 0 Å². The minimum absolute atomic E-state index is 0.320. The van der Waals surface area contributed by atoms with Gasteiger partial charge in [-0.05, 0) is 19.3 Å². The molecule has 0 heterocycles. The van der Waals surface area contributed by atoms with Gasteiger partial charge in [-0.3, -0.25) is 9.59 Å². The van der Waals surface area contributed by atoms with E-state index in [1.807, 2.05) is 0 Å². The summed E-state index contributed by atoms with van der Waals surface area (Å²) >= 11 is 0. The number of primary amides is 2. The quantitative estimate of drug-likeness (QED) is 0.436. The molecule has 0 aliphatic heterocycles. The molecule has 4 N–H and O–H groups in total. The Bertz CT molecular complexity index is 199. The van der Waals surface area contributed by atoms with Crippen molar-refractivity contribution in [3.05, 3.63) is 12.2 Å². The Balaban J connectivity index is 3.38. The van der Waals surface area contributed by atoms with Crippen molar-refractivity contribution in [2.45, 2.75) is 25.7 Å². The number of carbonyl (C=O) groups excluding carboxylic acids is 2. The molecule has 0 aliphatic rings. The number of nitrogens with two attached hydrogens (primary N) is 2. The highest BCUT2D eigenvalue weighted by Crippen LogP contribution is 2.05. The molecule has 4 heteroatoms. The lowest BCUT2D eigenvalue weighted by Gasteiger charge is -1.99. The highest BCUT2D eigenvalue weighted by atomic mass is 16.1. The summed E-state index contributed by atoms with van der Waals surface area (Å²) in [6.07, 6.45) is 2.31. The predicted molar refractivity (Wildman–Crippen MR) is 46.0 cm³/mol. The monoisotopic (exact) mass is 170 g/mol. The van der Waals surface area contributed by atoms with Crippen molar-refractivity contribution < 1.29 is 9.59 Å². The molecule has 2 amide bonds. The van der Waals surface area contributed by atoms with E-state index in [0.717, 1.165) is 6.42 Å². The average molecular weight is 170 g/mol. The fraction of sp³-hybridized carbons (Fsp3) is 0.500. The maximum absolute atomic E-state index is 10.5. The second-order valence-corrected chi connectivity index (χ2v) is 2.64. The van der Waals surface area contributed by atoms with Crippen LogP contribution in [-0.4, -0.2) is 11.8 Å². The van der Waals surface area contributed by atoms with Crippen LogP contribution in [0, 0.1) is 0 Å². The van der Waals surface area contributed by atoms with Crippen molar-refractivity contribution in [3.8, 4) is 0 Å². The molecular formula is C8H14N2O2. The number of unbranched alkanes of at least 4 members (excludes halogenated alkanes) is 1. The molecule has 0 aromatic heterocycles. The fourth-order valence-corrected chi connectivity index (χ4v) is 0.761. The third-order valence-corrected chi connectivity index (χ3v) is 1.50. The second kappa shape index (κ2) is 5.35. The number of rotatable bonds is 6. The largest absolute Gasteiger partial charge is 0.370 e. The van der Waals surface area contributed by atoms with Crippen LogP contribution in [-0.2, 0) is 9.59 Å². The minimum Gasteiger partial charge on any atom is -0.370 e. The van der Waals surface area contributed by atoms with E-state index in [4.69, 9.17) is 11.5 Å². The first kappa shape index (κ1) is 10.7. The van der Waals surface area contributed by atoms with Gasteiger partial charge in [-0.2, -0.15) is 0 Å². The molecule has 0 bridgehead atoms. The van der Waals surface area contributed by atoms with Gasteiger partial charge in [0.15, 0.2) is 0 Å². The number of amides is 2. The topological polar surface area (TPSA) is 86.2 Å². The molecule has 4 nitrogen and oxygen atoms in total. The number of hydrogen-bond donors (Lipinski definition) is 2. The number of carbonyl (C=O) groups is 2. The van der Waals surface area contributed by atoms with E-state index in [2.05, 4.69) is 6.58 Å². The third-order valence-electron chi connectivity index (χ3n) is 1.50. The van der Waals surface area contributed by atoms with E-state index >= 15 is 0 Å². The normalized spacial score (nSPS) is 9.33. The third kappa shape index (κ3) is 5.46. The van der Waals surface area contributed by atoms with Crippen LogP contribution >= 0.6 is 0 Å². The van der Waals surface area contributed by atoms with Crippen molar-refractivity contribution in [3.63, 3.8) is 0 Å². The van der Waals surface area contributed by atoms with Gasteiger partial charge in [-0.1, -0.05) is 6.58 Å². The molecule has 0 aliphatic carbocycles. The molecule has 0 fully saturated rings. The Morgan fingerprint density at radius 2 is 1.58 bits per heavy atom. The zero-order valence-electron chi connectivity index (χ0n) is 7.01. The van der Waals surface area contributed by atoms with Crippen LogP contribution in [0.3, 0.4) is 0 Å². The summed E-state index contributed by atoms with van der Waals surface area (Å²) in [6, 6.07) is 0. The van der Waals surface area contributed by atoms with Crippen molar-refractivity contribution in [2.24, 2.45) is 11.5 Å². The lowest BCUT2D eigenvalue weighted by atomic mass is 10.1. The molecule has 0 spiro atoms. The fourth-order valence-electron chi connectivity index (χ4n) is 0.761. The summed E-state index contributed by atoms with van der Waals surface area (Å²) < 4.78 is 0. The highest BCUT2D eigenvalue weighted by Gasteiger charge is 2.01. The molecule has 0 atom stereocenters. The van der Waals surface area contributed by atoms with Gasteiger partial charge < -0.3 is 11.5 Å².